The van der Waals surface area contributed by atoms with Gasteiger partial charge in [-0.05, 0) is 36.7 Å². The molecule has 2 aliphatic carbocycles. The van der Waals surface area contributed by atoms with Gasteiger partial charge in [-0.15, -0.1) is 0 Å². The summed E-state index contributed by atoms with van der Waals surface area (Å²) >= 11 is 0. The van der Waals surface area contributed by atoms with Gasteiger partial charge in [0, 0.05) is 44.8 Å². The molecule has 0 spiro atoms. The van der Waals surface area contributed by atoms with Gasteiger partial charge in [-0.1, -0.05) is 18.2 Å². The van der Waals surface area contributed by atoms with E-state index >= 15 is 0 Å². The van der Waals surface area contributed by atoms with Crippen molar-refractivity contribution in [1.29, 1.82) is 0 Å². The SMILES string of the molecule is COc1ccc(CN2CCN(C[C@H]3C[C@@H]4C=C[C@H]3C4)CC2)c(OC)c1OC. The molecular formula is C22H32N2O3. The molecular weight excluding hydrogens is 340 g/mol. The molecule has 0 aromatic heterocycles. The average Bonchev–Trinajstić information content (AvgIpc) is 3.32. The number of allylic oxidation sites excluding steroid dienone is 2. The summed E-state index contributed by atoms with van der Waals surface area (Å²) in [6.07, 6.45) is 7.72. The fraction of sp³-hybridized carbons (Fsp3) is 0.636. The first-order chi connectivity index (χ1) is 13.2. The molecule has 0 N–H and O–H groups in total. The summed E-state index contributed by atoms with van der Waals surface area (Å²) in [5.41, 5.74) is 1.15. The molecule has 0 amide bonds. The van der Waals surface area contributed by atoms with Crippen LogP contribution in [0.25, 0.3) is 0 Å². The van der Waals surface area contributed by atoms with Crippen molar-refractivity contribution in [2.24, 2.45) is 17.8 Å². The molecule has 3 aliphatic rings. The van der Waals surface area contributed by atoms with Crippen molar-refractivity contribution in [2.75, 3.05) is 54.1 Å². The molecule has 148 valence electrons. The van der Waals surface area contributed by atoms with Crippen molar-refractivity contribution in [3.63, 3.8) is 0 Å². The molecule has 1 saturated carbocycles. The second-order valence-corrected chi connectivity index (χ2v) is 8.11. The first-order valence-corrected chi connectivity index (χ1v) is 10.1. The number of methoxy groups -OCH3 is 3. The number of piperazine rings is 1. The van der Waals surface area contributed by atoms with Crippen LogP contribution < -0.4 is 14.2 Å². The molecule has 3 atom stereocenters. The molecule has 4 rings (SSSR count). The third kappa shape index (κ3) is 3.81. The lowest BCUT2D eigenvalue weighted by Crippen LogP contribution is -2.47. The van der Waals surface area contributed by atoms with Gasteiger partial charge in [0.25, 0.3) is 0 Å². The third-order valence-electron chi connectivity index (χ3n) is 6.55. The Bertz CT molecular complexity index is 682. The van der Waals surface area contributed by atoms with Crippen LogP contribution in [-0.4, -0.2) is 63.9 Å². The molecule has 1 saturated heterocycles. The van der Waals surface area contributed by atoms with E-state index in [1.165, 1.54) is 19.4 Å². The molecule has 1 heterocycles. The van der Waals surface area contributed by atoms with Crippen molar-refractivity contribution in [3.8, 4) is 17.2 Å². The predicted octanol–water partition coefficient (Wildman–Crippen LogP) is 3.04. The third-order valence-corrected chi connectivity index (χ3v) is 6.55. The summed E-state index contributed by atoms with van der Waals surface area (Å²) in [6.45, 7) is 6.69. The normalized spacial score (nSPS) is 27.9. The van der Waals surface area contributed by atoms with E-state index in [4.69, 9.17) is 14.2 Å². The van der Waals surface area contributed by atoms with Crippen LogP contribution in [0.5, 0.6) is 17.2 Å². The zero-order chi connectivity index (χ0) is 18.8. The predicted molar refractivity (Wildman–Crippen MR) is 107 cm³/mol. The zero-order valence-corrected chi connectivity index (χ0v) is 16.8. The van der Waals surface area contributed by atoms with Gasteiger partial charge in [0.05, 0.1) is 21.3 Å². The Morgan fingerprint density at radius 3 is 2.19 bits per heavy atom. The van der Waals surface area contributed by atoms with Crippen LogP contribution in [0.4, 0.5) is 0 Å². The molecule has 5 nitrogen and oxygen atoms in total. The van der Waals surface area contributed by atoms with Crippen LogP contribution in [0.2, 0.25) is 0 Å². The Kier molecular flexibility index (Phi) is 5.60. The molecule has 0 radical (unpaired) electrons. The van der Waals surface area contributed by atoms with Crippen molar-refractivity contribution in [1.82, 2.24) is 9.80 Å². The van der Waals surface area contributed by atoms with E-state index in [1.54, 1.807) is 21.3 Å². The van der Waals surface area contributed by atoms with Crippen LogP contribution >= 0.6 is 0 Å². The van der Waals surface area contributed by atoms with Gasteiger partial charge in [0.15, 0.2) is 11.5 Å². The van der Waals surface area contributed by atoms with Crippen molar-refractivity contribution in [3.05, 3.63) is 29.8 Å². The van der Waals surface area contributed by atoms with Crippen molar-refractivity contribution < 1.29 is 14.2 Å². The highest BCUT2D eigenvalue weighted by molar-refractivity contribution is 5.55. The van der Waals surface area contributed by atoms with E-state index in [0.29, 0.717) is 11.5 Å². The largest absolute Gasteiger partial charge is 0.493 e. The number of hydrogen-bond acceptors (Lipinski definition) is 5. The number of nitrogens with zero attached hydrogens (tertiary/aromatic N) is 2. The molecule has 1 aliphatic heterocycles. The smallest absolute Gasteiger partial charge is 0.203 e. The minimum atomic E-state index is 0.681. The van der Waals surface area contributed by atoms with Crippen molar-refractivity contribution >= 4 is 0 Å². The average molecular weight is 373 g/mol. The van der Waals surface area contributed by atoms with Gasteiger partial charge in [0.2, 0.25) is 5.75 Å². The van der Waals surface area contributed by atoms with Crippen LogP contribution in [-0.2, 0) is 6.54 Å². The fourth-order valence-electron chi connectivity index (χ4n) is 5.09. The first kappa shape index (κ1) is 18.6. The topological polar surface area (TPSA) is 34.2 Å². The molecule has 2 fully saturated rings. The molecule has 5 heteroatoms. The lowest BCUT2D eigenvalue weighted by Gasteiger charge is -2.37. The lowest BCUT2D eigenvalue weighted by molar-refractivity contribution is 0.108. The van der Waals surface area contributed by atoms with Crippen LogP contribution in [0.1, 0.15) is 18.4 Å². The van der Waals surface area contributed by atoms with Crippen LogP contribution in [0.3, 0.4) is 0 Å². The summed E-state index contributed by atoms with van der Waals surface area (Å²) in [4.78, 5) is 5.18. The Hall–Kier alpha value is -1.72. The quantitative estimate of drug-likeness (QED) is 0.687. The lowest BCUT2D eigenvalue weighted by atomic mass is 9.93. The van der Waals surface area contributed by atoms with E-state index in [0.717, 1.165) is 61.8 Å². The van der Waals surface area contributed by atoms with Gasteiger partial charge in [-0.2, -0.15) is 0 Å². The first-order valence-electron chi connectivity index (χ1n) is 10.1. The number of hydrogen-bond donors (Lipinski definition) is 0. The van der Waals surface area contributed by atoms with Crippen molar-refractivity contribution in [2.45, 2.75) is 19.4 Å². The second kappa shape index (κ2) is 8.11. The van der Waals surface area contributed by atoms with E-state index in [9.17, 15) is 0 Å². The number of rotatable bonds is 7. The standard InChI is InChI=1S/C22H32N2O3/c1-25-20-7-6-18(21(26-2)22(20)27-3)14-23-8-10-24(11-9-23)15-19-13-16-4-5-17(19)12-16/h4-7,16-17,19H,8-15H2,1-3H3/t16-,17+,19-/m1/s1. The van der Waals surface area contributed by atoms with E-state index in [-0.39, 0.29) is 0 Å². The summed E-state index contributed by atoms with van der Waals surface area (Å²) in [7, 11) is 5.01. The Balaban J connectivity index is 1.33. The van der Waals surface area contributed by atoms with Gasteiger partial charge < -0.3 is 19.1 Å². The summed E-state index contributed by atoms with van der Waals surface area (Å²) < 4.78 is 16.6. The van der Waals surface area contributed by atoms with Crippen LogP contribution in [0, 0.1) is 17.8 Å². The number of fused-ring (bicyclic) bond motifs is 2. The van der Waals surface area contributed by atoms with Gasteiger partial charge >= 0.3 is 0 Å². The van der Waals surface area contributed by atoms with Gasteiger partial charge in [0.1, 0.15) is 0 Å². The maximum atomic E-state index is 5.64. The highest BCUT2D eigenvalue weighted by Gasteiger charge is 2.36. The minimum absolute atomic E-state index is 0.681. The Morgan fingerprint density at radius 2 is 1.59 bits per heavy atom. The minimum Gasteiger partial charge on any atom is -0.493 e. The Labute approximate surface area is 162 Å². The Morgan fingerprint density at radius 1 is 0.852 bits per heavy atom. The number of ether oxygens (including phenoxy) is 3. The van der Waals surface area contributed by atoms with Gasteiger partial charge in [-0.25, -0.2) is 0 Å². The van der Waals surface area contributed by atoms with Crippen LogP contribution in [0.15, 0.2) is 24.3 Å². The second-order valence-electron chi connectivity index (χ2n) is 8.11. The molecule has 1 aromatic rings. The highest BCUT2D eigenvalue weighted by atomic mass is 16.5. The summed E-state index contributed by atoms with van der Waals surface area (Å²) in [6, 6.07) is 4.06. The maximum Gasteiger partial charge on any atom is 0.203 e. The summed E-state index contributed by atoms with van der Waals surface area (Å²) in [5.74, 6) is 4.79. The monoisotopic (exact) mass is 372 g/mol. The highest BCUT2D eigenvalue weighted by Crippen LogP contribution is 2.44. The molecule has 2 bridgehead atoms. The molecule has 27 heavy (non-hydrogen) atoms. The summed E-state index contributed by atoms with van der Waals surface area (Å²) in [5, 5.41) is 0. The van der Waals surface area contributed by atoms with E-state index in [2.05, 4.69) is 28.0 Å². The maximum absolute atomic E-state index is 5.64. The van der Waals surface area contributed by atoms with Gasteiger partial charge in [-0.3, -0.25) is 4.90 Å². The number of benzene rings is 1. The fourth-order valence-corrected chi connectivity index (χ4v) is 5.09. The molecule has 0 unspecified atom stereocenters. The van der Waals surface area contributed by atoms with E-state index < -0.39 is 0 Å². The van der Waals surface area contributed by atoms with E-state index in [1.807, 2.05) is 6.07 Å². The molecule has 1 aromatic carbocycles. The zero-order valence-electron chi connectivity index (χ0n) is 16.8.